The number of carbonyl (C=O) groups excluding carboxylic acids is 1. The second-order valence-electron chi connectivity index (χ2n) is 7.22. The molecule has 2 aliphatic rings. The fourth-order valence-electron chi connectivity index (χ4n) is 4.02. The quantitative estimate of drug-likeness (QED) is 0.834. The summed E-state index contributed by atoms with van der Waals surface area (Å²) in [6, 6.07) is 9.04. The molecule has 3 rings (SSSR count). The Balaban J connectivity index is 1.44. The molecule has 0 aliphatic heterocycles. The standard InChI is InChI=1S/C20H30N2O/c23-20(15-21-18-9-5-2-6-10-18)22-19-13-11-17(12-14-19)16-7-3-1-4-8-16/h11-14,16,18,21H,1-10,15H2,(H,22,23). The number of carbonyl (C=O) groups is 1. The molecule has 2 N–H and O–H groups in total. The van der Waals surface area contributed by atoms with Crippen LogP contribution in [0.4, 0.5) is 5.69 Å². The highest BCUT2D eigenvalue weighted by atomic mass is 16.1. The number of anilines is 1. The van der Waals surface area contributed by atoms with Gasteiger partial charge in [0.15, 0.2) is 0 Å². The average Bonchev–Trinajstić information content (AvgIpc) is 2.62. The third kappa shape index (κ3) is 5.07. The fraction of sp³-hybridized carbons (Fsp3) is 0.650. The van der Waals surface area contributed by atoms with Crippen LogP contribution < -0.4 is 10.6 Å². The number of rotatable bonds is 5. The lowest BCUT2D eigenvalue weighted by molar-refractivity contribution is -0.115. The highest BCUT2D eigenvalue weighted by Gasteiger charge is 2.16. The Labute approximate surface area is 140 Å². The predicted octanol–water partition coefficient (Wildman–Crippen LogP) is 4.60. The SMILES string of the molecule is O=C(CNC1CCCCC1)Nc1ccc(C2CCCCC2)cc1. The van der Waals surface area contributed by atoms with Crippen molar-refractivity contribution in [2.75, 3.05) is 11.9 Å². The van der Waals surface area contributed by atoms with E-state index in [4.69, 9.17) is 0 Å². The van der Waals surface area contributed by atoms with E-state index in [1.165, 1.54) is 69.8 Å². The molecule has 2 fully saturated rings. The minimum Gasteiger partial charge on any atom is -0.325 e. The Morgan fingerprint density at radius 1 is 0.870 bits per heavy atom. The van der Waals surface area contributed by atoms with Gasteiger partial charge in [0.05, 0.1) is 6.54 Å². The number of hydrogen-bond donors (Lipinski definition) is 2. The Hall–Kier alpha value is -1.35. The monoisotopic (exact) mass is 314 g/mol. The molecule has 1 amide bonds. The molecule has 2 saturated carbocycles. The average molecular weight is 314 g/mol. The molecule has 3 heteroatoms. The maximum absolute atomic E-state index is 12.1. The van der Waals surface area contributed by atoms with Crippen molar-refractivity contribution in [1.29, 1.82) is 0 Å². The summed E-state index contributed by atoms with van der Waals surface area (Å²) in [5.74, 6) is 0.794. The van der Waals surface area contributed by atoms with Crippen LogP contribution in [0.2, 0.25) is 0 Å². The summed E-state index contributed by atoms with van der Waals surface area (Å²) >= 11 is 0. The molecule has 3 nitrogen and oxygen atoms in total. The zero-order valence-corrected chi connectivity index (χ0v) is 14.2. The lowest BCUT2D eigenvalue weighted by Gasteiger charge is -2.23. The van der Waals surface area contributed by atoms with Gasteiger partial charge in [-0.25, -0.2) is 0 Å². The van der Waals surface area contributed by atoms with Gasteiger partial charge in [0.1, 0.15) is 0 Å². The molecule has 0 atom stereocenters. The van der Waals surface area contributed by atoms with Gasteiger partial charge >= 0.3 is 0 Å². The molecule has 0 aromatic heterocycles. The Morgan fingerprint density at radius 3 is 2.13 bits per heavy atom. The van der Waals surface area contributed by atoms with Crippen molar-refractivity contribution >= 4 is 11.6 Å². The molecule has 1 aromatic rings. The van der Waals surface area contributed by atoms with E-state index in [1.54, 1.807) is 0 Å². The summed E-state index contributed by atoms with van der Waals surface area (Å²) in [4.78, 5) is 12.1. The molecule has 0 bridgehead atoms. The van der Waals surface area contributed by atoms with Crippen LogP contribution in [0.5, 0.6) is 0 Å². The zero-order valence-electron chi connectivity index (χ0n) is 14.2. The van der Waals surface area contributed by atoms with Crippen LogP contribution in [0, 0.1) is 0 Å². The first-order valence-corrected chi connectivity index (χ1v) is 9.44. The van der Waals surface area contributed by atoms with Crippen molar-refractivity contribution in [1.82, 2.24) is 5.32 Å². The third-order valence-corrected chi connectivity index (χ3v) is 5.43. The zero-order chi connectivity index (χ0) is 15.9. The molecule has 2 aliphatic carbocycles. The molecule has 0 unspecified atom stereocenters. The van der Waals surface area contributed by atoms with Crippen molar-refractivity contribution in [3.05, 3.63) is 29.8 Å². The summed E-state index contributed by atoms with van der Waals surface area (Å²) in [5.41, 5.74) is 2.35. The molecular formula is C20H30N2O. The lowest BCUT2D eigenvalue weighted by atomic mass is 9.84. The van der Waals surface area contributed by atoms with Crippen LogP contribution in [0.1, 0.15) is 75.7 Å². The van der Waals surface area contributed by atoms with E-state index in [0.29, 0.717) is 12.6 Å². The van der Waals surface area contributed by atoms with Crippen molar-refractivity contribution in [3.63, 3.8) is 0 Å². The van der Waals surface area contributed by atoms with Crippen LogP contribution in [-0.2, 0) is 4.79 Å². The van der Waals surface area contributed by atoms with Gasteiger partial charge in [-0.05, 0) is 49.3 Å². The van der Waals surface area contributed by atoms with E-state index in [-0.39, 0.29) is 5.91 Å². The van der Waals surface area contributed by atoms with Gasteiger partial charge in [-0.2, -0.15) is 0 Å². The number of benzene rings is 1. The van der Waals surface area contributed by atoms with Crippen molar-refractivity contribution in [2.24, 2.45) is 0 Å². The Bertz CT molecular complexity index is 485. The van der Waals surface area contributed by atoms with Crippen molar-refractivity contribution in [2.45, 2.75) is 76.2 Å². The Morgan fingerprint density at radius 2 is 1.48 bits per heavy atom. The topological polar surface area (TPSA) is 41.1 Å². The summed E-state index contributed by atoms with van der Waals surface area (Å²) in [6.07, 6.45) is 13.1. The van der Waals surface area contributed by atoms with E-state index in [0.717, 1.165) is 11.6 Å². The molecule has 0 saturated heterocycles. The van der Waals surface area contributed by atoms with E-state index < -0.39 is 0 Å². The van der Waals surface area contributed by atoms with E-state index >= 15 is 0 Å². The van der Waals surface area contributed by atoms with Gasteiger partial charge in [0, 0.05) is 11.7 Å². The largest absolute Gasteiger partial charge is 0.325 e. The third-order valence-electron chi connectivity index (χ3n) is 5.43. The minimum absolute atomic E-state index is 0.0704. The molecule has 126 valence electrons. The lowest BCUT2D eigenvalue weighted by Crippen LogP contribution is -2.37. The number of nitrogens with one attached hydrogen (secondary N) is 2. The van der Waals surface area contributed by atoms with Crippen LogP contribution in [-0.4, -0.2) is 18.5 Å². The van der Waals surface area contributed by atoms with Crippen LogP contribution in [0.3, 0.4) is 0 Å². The van der Waals surface area contributed by atoms with Crippen molar-refractivity contribution < 1.29 is 4.79 Å². The minimum atomic E-state index is 0.0704. The highest BCUT2D eigenvalue weighted by Crippen LogP contribution is 2.32. The smallest absolute Gasteiger partial charge is 0.238 e. The van der Waals surface area contributed by atoms with Gasteiger partial charge in [-0.1, -0.05) is 50.7 Å². The van der Waals surface area contributed by atoms with Gasteiger partial charge in [-0.15, -0.1) is 0 Å². The molecular weight excluding hydrogens is 284 g/mol. The number of hydrogen-bond acceptors (Lipinski definition) is 2. The van der Waals surface area contributed by atoms with Crippen LogP contribution in [0.15, 0.2) is 24.3 Å². The highest BCUT2D eigenvalue weighted by molar-refractivity contribution is 5.92. The maximum Gasteiger partial charge on any atom is 0.238 e. The summed E-state index contributed by atoms with van der Waals surface area (Å²) in [7, 11) is 0. The predicted molar refractivity (Wildman–Crippen MR) is 95.8 cm³/mol. The maximum atomic E-state index is 12.1. The molecule has 0 heterocycles. The van der Waals surface area contributed by atoms with E-state index in [2.05, 4.69) is 34.9 Å². The summed E-state index contributed by atoms with van der Waals surface area (Å²) < 4.78 is 0. The molecule has 0 spiro atoms. The van der Waals surface area contributed by atoms with Gasteiger partial charge in [0.2, 0.25) is 5.91 Å². The van der Waals surface area contributed by atoms with E-state index in [9.17, 15) is 4.79 Å². The summed E-state index contributed by atoms with van der Waals surface area (Å²) in [5, 5.41) is 6.40. The van der Waals surface area contributed by atoms with E-state index in [1.807, 2.05) is 0 Å². The van der Waals surface area contributed by atoms with Gasteiger partial charge in [-0.3, -0.25) is 4.79 Å². The molecule has 23 heavy (non-hydrogen) atoms. The number of amides is 1. The fourth-order valence-corrected chi connectivity index (χ4v) is 4.02. The molecule has 0 radical (unpaired) electrons. The first-order valence-electron chi connectivity index (χ1n) is 9.44. The van der Waals surface area contributed by atoms with Crippen LogP contribution >= 0.6 is 0 Å². The first kappa shape index (κ1) is 16.5. The second kappa shape index (κ2) is 8.49. The van der Waals surface area contributed by atoms with Gasteiger partial charge in [0.25, 0.3) is 0 Å². The summed E-state index contributed by atoms with van der Waals surface area (Å²) in [6.45, 7) is 0.426. The second-order valence-corrected chi connectivity index (χ2v) is 7.22. The van der Waals surface area contributed by atoms with Gasteiger partial charge < -0.3 is 10.6 Å². The Kier molecular flexibility index (Phi) is 6.09. The van der Waals surface area contributed by atoms with Crippen LogP contribution in [0.25, 0.3) is 0 Å². The molecule has 1 aromatic carbocycles. The first-order chi connectivity index (χ1) is 11.3. The normalized spacial score (nSPS) is 20.3. The van der Waals surface area contributed by atoms with Crippen molar-refractivity contribution in [3.8, 4) is 0 Å².